The van der Waals surface area contributed by atoms with Gasteiger partial charge in [0.1, 0.15) is 0 Å². The lowest BCUT2D eigenvalue weighted by atomic mass is 9.44. The first kappa shape index (κ1) is 22.6. The molecule has 4 rings (SSSR count). The molecule has 0 radical (unpaired) electrons. The summed E-state index contributed by atoms with van der Waals surface area (Å²) in [6.45, 7) is 12.5. The summed E-state index contributed by atoms with van der Waals surface area (Å²) in [5.41, 5.74) is 0.928. The maximum atomic E-state index is 11.4. The topological polar surface area (TPSA) is 43.1 Å². The van der Waals surface area contributed by atoms with Crippen molar-refractivity contribution in [2.24, 2.45) is 52.3 Å². The second kappa shape index (κ2) is 8.39. The standard InChI is InChI=1S/C27H47NO2/c1-18(2)7-6-8-19(3)23-11-12-24-22-10-9-20-17-21(28(29)30)13-15-26(20,4)25(22)14-16-27(23,24)5/h18-25H,6-17H2,1-5H3/t19-,20+,21-,22+,23+,24-,25-,26+,27-/m1/s1. The third kappa shape index (κ3) is 3.75. The van der Waals surface area contributed by atoms with E-state index >= 15 is 0 Å². The van der Waals surface area contributed by atoms with Gasteiger partial charge in [-0.05, 0) is 97.2 Å². The Labute approximate surface area is 185 Å². The van der Waals surface area contributed by atoms with E-state index in [9.17, 15) is 10.1 Å². The van der Waals surface area contributed by atoms with Gasteiger partial charge in [-0.15, -0.1) is 0 Å². The summed E-state index contributed by atoms with van der Waals surface area (Å²) in [6.07, 6.45) is 15.3. The molecule has 0 saturated heterocycles. The smallest absolute Gasteiger partial charge is 0.213 e. The maximum absolute atomic E-state index is 11.4. The fourth-order valence-electron chi connectivity index (χ4n) is 9.45. The fourth-order valence-corrected chi connectivity index (χ4v) is 9.45. The predicted octanol–water partition coefficient (Wildman–Crippen LogP) is 7.75. The van der Waals surface area contributed by atoms with Gasteiger partial charge in [0.15, 0.2) is 0 Å². The van der Waals surface area contributed by atoms with Gasteiger partial charge in [-0.3, -0.25) is 10.1 Å². The van der Waals surface area contributed by atoms with Crippen LogP contribution in [0.4, 0.5) is 0 Å². The SMILES string of the molecule is CC(C)CCC[C@@H](C)[C@@H]1CC[C@@H]2[C@@H]3CC[C@H]4C[C@H]([N+](=O)[O-])CC[C@]4(C)[C@@H]3CC[C@@]21C. The molecule has 0 bridgehead atoms. The Kier molecular flexibility index (Phi) is 6.32. The zero-order valence-corrected chi connectivity index (χ0v) is 20.4. The molecule has 4 aliphatic carbocycles. The molecule has 0 aromatic heterocycles. The lowest BCUT2D eigenvalue weighted by Crippen LogP contribution is -2.54. The summed E-state index contributed by atoms with van der Waals surface area (Å²) in [5, 5.41) is 11.4. The van der Waals surface area contributed by atoms with E-state index in [2.05, 4.69) is 34.6 Å². The van der Waals surface area contributed by atoms with Crippen LogP contribution in [0, 0.1) is 62.4 Å². The minimum atomic E-state index is -0.268. The molecule has 9 atom stereocenters. The summed E-state index contributed by atoms with van der Waals surface area (Å²) < 4.78 is 0. The molecule has 0 N–H and O–H groups in total. The monoisotopic (exact) mass is 417 g/mol. The van der Waals surface area contributed by atoms with E-state index in [1.807, 2.05) is 0 Å². The predicted molar refractivity (Wildman–Crippen MR) is 124 cm³/mol. The van der Waals surface area contributed by atoms with E-state index in [1.54, 1.807) is 0 Å². The van der Waals surface area contributed by atoms with Gasteiger partial charge in [-0.1, -0.05) is 53.9 Å². The molecule has 172 valence electrons. The largest absolute Gasteiger partial charge is 0.264 e. The maximum Gasteiger partial charge on any atom is 0.213 e. The number of hydrogen-bond acceptors (Lipinski definition) is 2. The molecule has 3 nitrogen and oxygen atoms in total. The van der Waals surface area contributed by atoms with Crippen LogP contribution in [-0.2, 0) is 0 Å². The van der Waals surface area contributed by atoms with Crippen LogP contribution < -0.4 is 0 Å². The Morgan fingerprint density at radius 1 is 0.900 bits per heavy atom. The van der Waals surface area contributed by atoms with Gasteiger partial charge in [-0.25, -0.2) is 0 Å². The Bertz CT molecular complexity index is 632. The van der Waals surface area contributed by atoms with Gasteiger partial charge in [0.05, 0.1) is 0 Å². The van der Waals surface area contributed by atoms with E-state index in [1.165, 1.54) is 57.8 Å². The van der Waals surface area contributed by atoms with Gasteiger partial charge in [0.25, 0.3) is 0 Å². The van der Waals surface area contributed by atoms with Crippen molar-refractivity contribution in [2.75, 3.05) is 0 Å². The normalized spacial score (nSPS) is 46.7. The molecule has 3 heteroatoms. The van der Waals surface area contributed by atoms with Crippen LogP contribution in [-0.4, -0.2) is 11.0 Å². The summed E-state index contributed by atoms with van der Waals surface area (Å²) >= 11 is 0. The van der Waals surface area contributed by atoms with Crippen molar-refractivity contribution in [1.82, 2.24) is 0 Å². The van der Waals surface area contributed by atoms with Gasteiger partial charge < -0.3 is 0 Å². The summed E-state index contributed by atoms with van der Waals surface area (Å²) in [6, 6.07) is -0.268. The molecular weight excluding hydrogens is 370 g/mol. The van der Waals surface area contributed by atoms with E-state index < -0.39 is 0 Å². The zero-order chi connectivity index (χ0) is 21.7. The lowest BCUT2D eigenvalue weighted by Gasteiger charge is -2.60. The second-order valence-electron chi connectivity index (χ2n) is 12.9. The van der Waals surface area contributed by atoms with Crippen LogP contribution in [0.15, 0.2) is 0 Å². The zero-order valence-electron chi connectivity index (χ0n) is 20.4. The molecule has 0 unspecified atom stereocenters. The highest BCUT2D eigenvalue weighted by molar-refractivity contribution is 5.09. The molecule has 4 aliphatic rings. The number of fused-ring (bicyclic) bond motifs is 5. The number of nitrogens with zero attached hydrogens (tertiary/aromatic N) is 1. The first-order chi connectivity index (χ1) is 14.2. The van der Waals surface area contributed by atoms with Crippen LogP contribution in [0.2, 0.25) is 0 Å². The van der Waals surface area contributed by atoms with E-state index in [0.29, 0.717) is 16.7 Å². The third-order valence-corrected chi connectivity index (χ3v) is 11.1. The molecular formula is C27H47NO2. The first-order valence-corrected chi connectivity index (χ1v) is 13.3. The van der Waals surface area contributed by atoms with Crippen LogP contribution in [0.25, 0.3) is 0 Å². The summed E-state index contributed by atoms with van der Waals surface area (Å²) in [4.78, 5) is 11.4. The average molecular weight is 418 g/mol. The van der Waals surface area contributed by atoms with Gasteiger partial charge >= 0.3 is 0 Å². The molecule has 0 aromatic carbocycles. The molecule has 0 heterocycles. The van der Waals surface area contributed by atoms with Gasteiger partial charge in [-0.2, -0.15) is 0 Å². The quantitative estimate of drug-likeness (QED) is 0.327. The van der Waals surface area contributed by atoms with Crippen LogP contribution in [0.3, 0.4) is 0 Å². The van der Waals surface area contributed by atoms with Crippen molar-refractivity contribution in [3.8, 4) is 0 Å². The Morgan fingerprint density at radius 2 is 1.60 bits per heavy atom. The van der Waals surface area contributed by atoms with Crippen molar-refractivity contribution >= 4 is 0 Å². The number of nitro groups is 1. The van der Waals surface area contributed by atoms with Crippen LogP contribution in [0.5, 0.6) is 0 Å². The Balaban J connectivity index is 1.45. The second-order valence-corrected chi connectivity index (χ2v) is 12.9. The summed E-state index contributed by atoms with van der Waals surface area (Å²) in [7, 11) is 0. The highest BCUT2D eigenvalue weighted by atomic mass is 16.6. The van der Waals surface area contributed by atoms with Crippen molar-refractivity contribution < 1.29 is 4.92 Å². The Hall–Kier alpha value is -0.600. The van der Waals surface area contributed by atoms with E-state index in [4.69, 9.17) is 0 Å². The minimum absolute atomic E-state index is 0.0197. The molecule has 0 aliphatic heterocycles. The fraction of sp³-hybridized carbons (Fsp3) is 1.00. The molecule has 4 fully saturated rings. The minimum Gasteiger partial charge on any atom is -0.264 e. The Morgan fingerprint density at radius 3 is 2.30 bits per heavy atom. The molecule has 0 amide bonds. The van der Waals surface area contributed by atoms with Gasteiger partial charge in [0, 0.05) is 17.8 Å². The van der Waals surface area contributed by atoms with Crippen molar-refractivity contribution in [3.63, 3.8) is 0 Å². The lowest BCUT2D eigenvalue weighted by molar-refractivity contribution is -0.531. The molecule has 0 spiro atoms. The first-order valence-electron chi connectivity index (χ1n) is 13.3. The summed E-state index contributed by atoms with van der Waals surface area (Å²) in [5.74, 6) is 5.87. The molecule has 0 aromatic rings. The third-order valence-electron chi connectivity index (χ3n) is 11.1. The van der Waals surface area contributed by atoms with Gasteiger partial charge in [0.2, 0.25) is 6.04 Å². The van der Waals surface area contributed by atoms with Crippen molar-refractivity contribution in [2.45, 2.75) is 118 Å². The van der Waals surface area contributed by atoms with Crippen LogP contribution >= 0.6 is 0 Å². The number of hydrogen-bond donors (Lipinski definition) is 0. The van der Waals surface area contributed by atoms with Crippen molar-refractivity contribution in [1.29, 1.82) is 0 Å². The average Bonchev–Trinajstić information content (AvgIpc) is 3.04. The highest BCUT2D eigenvalue weighted by Crippen LogP contribution is 2.68. The van der Waals surface area contributed by atoms with E-state index in [0.717, 1.165) is 54.8 Å². The highest BCUT2D eigenvalue weighted by Gasteiger charge is 2.61. The van der Waals surface area contributed by atoms with E-state index in [-0.39, 0.29) is 11.0 Å². The number of rotatable bonds is 6. The molecule has 30 heavy (non-hydrogen) atoms. The van der Waals surface area contributed by atoms with Crippen LogP contribution in [0.1, 0.15) is 112 Å². The molecule has 4 saturated carbocycles. The van der Waals surface area contributed by atoms with Crippen molar-refractivity contribution in [3.05, 3.63) is 10.1 Å².